The van der Waals surface area contributed by atoms with Crippen molar-refractivity contribution in [2.45, 2.75) is 25.6 Å². The van der Waals surface area contributed by atoms with Gasteiger partial charge in [0.15, 0.2) is 0 Å². The van der Waals surface area contributed by atoms with Gasteiger partial charge >= 0.3 is 6.36 Å². The summed E-state index contributed by atoms with van der Waals surface area (Å²) < 4.78 is 43.2. The smallest absolute Gasteiger partial charge is 0.406 e. The summed E-state index contributed by atoms with van der Waals surface area (Å²) >= 11 is 1.63. The van der Waals surface area contributed by atoms with Gasteiger partial charge < -0.3 is 9.64 Å². The van der Waals surface area contributed by atoms with Crippen LogP contribution >= 0.6 is 11.3 Å². The molecule has 3 nitrogen and oxygen atoms in total. The first-order valence-corrected chi connectivity index (χ1v) is 9.78. The summed E-state index contributed by atoms with van der Waals surface area (Å²) in [5.41, 5.74) is 4.66. The summed E-state index contributed by atoms with van der Waals surface area (Å²) in [6.07, 6.45) is -2.20. The molecule has 0 bridgehead atoms. The Morgan fingerprint density at radius 2 is 1.85 bits per heavy atom. The molecule has 0 amide bonds. The maximum absolute atomic E-state index is 12.6. The number of rotatable bonds is 4. The molecule has 1 saturated heterocycles. The highest BCUT2D eigenvalue weighted by Crippen LogP contribution is 2.34. The molecule has 1 aliphatic heterocycles. The van der Waals surface area contributed by atoms with Crippen molar-refractivity contribution in [3.63, 3.8) is 0 Å². The number of para-hydroxylation sites is 2. The van der Waals surface area contributed by atoms with Crippen molar-refractivity contribution in [1.82, 2.24) is 4.98 Å². The van der Waals surface area contributed by atoms with Crippen LogP contribution in [-0.4, -0.2) is 24.4 Å². The Morgan fingerprint density at radius 3 is 2.63 bits per heavy atom. The molecule has 2 aromatic carbocycles. The van der Waals surface area contributed by atoms with Gasteiger partial charge in [0.2, 0.25) is 0 Å². The quantitative estimate of drug-likeness (QED) is 0.573. The standard InChI is InChI=1S/C20H19F3N2OS/c21-20(22,23)26-17-6-2-1-4-15(17)12-14-8-10-25(11-9-14)16-5-3-7-18-19(16)24-13-27-18/h1-7,13-14H,8-12H2. The van der Waals surface area contributed by atoms with E-state index >= 15 is 0 Å². The van der Waals surface area contributed by atoms with Gasteiger partial charge in [0, 0.05) is 13.1 Å². The number of hydrogen-bond donors (Lipinski definition) is 0. The van der Waals surface area contributed by atoms with Crippen LogP contribution in [-0.2, 0) is 6.42 Å². The molecule has 0 unspecified atom stereocenters. The minimum atomic E-state index is -4.66. The number of halogens is 3. The van der Waals surface area contributed by atoms with Gasteiger partial charge in [-0.05, 0) is 48.9 Å². The van der Waals surface area contributed by atoms with Crippen LogP contribution in [0.15, 0.2) is 48.0 Å². The summed E-state index contributed by atoms with van der Waals surface area (Å²) in [4.78, 5) is 6.81. The molecule has 0 spiro atoms. The number of hydrogen-bond acceptors (Lipinski definition) is 4. The van der Waals surface area contributed by atoms with Gasteiger partial charge in [-0.3, -0.25) is 0 Å². The fourth-order valence-corrected chi connectivity index (χ4v) is 4.41. The van der Waals surface area contributed by atoms with Crippen LogP contribution in [0.5, 0.6) is 5.75 Å². The minimum absolute atomic E-state index is 0.0836. The molecule has 0 aliphatic carbocycles. The molecule has 1 aliphatic rings. The monoisotopic (exact) mass is 392 g/mol. The first kappa shape index (κ1) is 18.1. The van der Waals surface area contributed by atoms with Crippen LogP contribution in [0.25, 0.3) is 10.2 Å². The van der Waals surface area contributed by atoms with Crippen LogP contribution < -0.4 is 9.64 Å². The Kier molecular flexibility index (Phi) is 4.95. The molecule has 4 rings (SSSR count). The molecule has 1 aromatic heterocycles. The van der Waals surface area contributed by atoms with Crippen molar-refractivity contribution in [1.29, 1.82) is 0 Å². The van der Waals surface area contributed by atoms with E-state index in [0.29, 0.717) is 17.9 Å². The maximum atomic E-state index is 12.6. The first-order chi connectivity index (χ1) is 13.0. The van der Waals surface area contributed by atoms with Gasteiger partial charge in [0.05, 0.1) is 15.9 Å². The Hall–Kier alpha value is -2.28. The van der Waals surface area contributed by atoms with E-state index in [1.165, 1.54) is 10.8 Å². The number of aromatic nitrogens is 1. The third kappa shape index (κ3) is 4.18. The number of thiazole rings is 1. The van der Waals surface area contributed by atoms with E-state index in [1.807, 2.05) is 11.6 Å². The normalized spacial score (nSPS) is 16.0. The van der Waals surface area contributed by atoms with Gasteiger partial charge in [-0.15, -0.1) is 24.5 Å². The fourth-order valence-electron chi connectivity index (χ4n) is 3.71. The largest absolute Gasteiger partial charge is 0.573 e. The number of piperidine rings is 1. The molecule has 27 heavy (non-hydrogen) atoms. The number of ether oxygens (including phenoxy) is 1. The lowest BCUT2D eigenvalue weighted by Crippen LogP contribution is -2.34. The fraction of sp³-hybridized carbons (Fsp3) is 0.350. The summed E-state index contributed by atoms with van der Waals surface area (Å²) in [6.45, 7) is 1.76. The first-order valence-electron chi connectivity index (χ1n) is 8.90. The second-order valence-corrected chi connectivity index (χ2v) is 7.65. The summed E-state index contributed by atoms with van der Waals surface area (Å²) in [5, 5.41) is 0. The second-order valence-electron chi connectivity index (χ2n) is 6.77. The number of nitrogens with zero attached hydrogens (tertiary/aromatic N) is 2. The highest BCUT2D eigenvalue weighted by Gasteiger charge is 2.32. The van der Waals surface area contributed by atoms with E-state index in [4.69, 9.17) is 0 Å². The van der Waals surface area contributed by atoms with E-state index in [-0.39, 0.29) is 5.75 Å². The van der Waals surface area contributed by atoms with Crippen LogP contribution in [0.4, 0.5) is 18.9 Å². The Labute approximate surface area is 159 Å². The SMILES string of the molecule is FC(F)(F)Oc1ccccc1CC1CCN(c2cccc3scnc23)CC1. The zero-order valence-corrected chi connectivity index (χ0v) is 15.4. The molecule has 3 aromatic rings. The maximum Gasteiger partial charge on any atom is 0.573 e. The van der Waals surface area contributed by atoms with E-state index in [9.17, 15) is 13.2 Å². The van der Waals surface area contributed by atoms with Crippen LogP contribution in [0.1, 0.15) is 18.4 Å². The van der Waals surface area contributed by atoms with Gasteiger partial charge in [0.1, 0.15) is 11.3 Å². The summed E-state index contributed by atoms with van der Waals surface area (Å²) in [6, 6.07) is 12.7. The van der Waals surface area contributed by atoms with E-state index in [0.717, 1.165) is 37.1 Å². The van der Waals surface area contributed by atoms with E-state index in [2.05, 4.69) is 26.8 Å². The molecular weight excluding hydrogens is 373 g/mol. The highest BCUT2D eigenvalue weighted by molar-refractivity contribution is 7.16. The second kappa shape index (κ2) is 7.38. The lowest BCUT2D eigenvalue weighted by molar-refractivity contribution is -0.274. The van der Waals surface area contributed by atoms with Gasteiger partial charge in [-0.2, -0.15) is 0 Å². The van der Waals surface area contributed by atoms with Crippen molar-refractivity contribution in [3.05, 3.63) is 53.5 Å². The van der Waals surface area contributed by atoms with E-state index < -0.39 is 6.36 Å². The number of benzene rings is 2. The Morgan fingerprint density at radius 1 is 1.07 bits per heavy atom. The average Bonchev–Trinajstić information content (AvgIpc) is 3.12. The topological polar surface area (TPSA) is 25.4 Å². The predicted molar refractivity (Wildman–Crippen MR) is 101 cm³/mol. The molecular formula is C20H19F3N2OS. The lowest BCUT2D eigenvalue weighted by atomic mass is 9.89. The van der Waals surface area contributed by atoms with Crippen LogP contribution in [0.2, 0.25) is 0 Å². The van der Waals surface area contributed by atoms with Crippen LogP contribution in [0.3, 0.4) is 0 Å². The lowest BCUT2D eigenvalue weighted by Gasteiger charge is -2.34. The number of alkyl halides is 3. The van der Waals surface area contributed by atoms with Crippen molar-refractivity contribution in [3.8, 4) is 5.75 Å². The highest BCUT2D eigenvalue weighted by atomic mass is 32.1. The van der Waals surface area contributed by atoms with Crippen LogP contribution in [0, 0.1) is 5.92 Å². The molecule has 0 atom stereocenters. The number of anilines is 1. The molecule has 7 heteroatoms. The Bertz CT molecular complexity index is 917. The molecule has 0 radical (unpaired) electrons. The van der Waals surface area contributed by atoms with Gasteiger partial charge in [-0.25, -0.2) is 4.98 Å². The third-order valence-corrected chi connectivity index (χ3v) is 5.80. The molecule has 0 saturated carbocycles. The van der Waals surface area contributed by atoms with Gasteiger partial charge in [-0.1, -0.05) is 24.3 Å². The minimum Gasteiger partial charge on any atom is -0.406 e. The van der Waals surface area contributed by atoms with Crippen molar-refractivity contribution < 1.29 is 17.9 Å². The zero-order valence-electron chi connectivity index (χ0n) is 14.6. The Balaban J connectivity index is 1.43. The summed E-state index contributed by atoms with van der Waals surface area (Å²) in [5.74, 6) is 0.258. The average molecular weight is 392 g/mol. The van der Waals surface area contributed by atoms with Crippen molar-refractivity contribution in [2.75, 3.05) is 18.0 Å². The molecule has 1 fully saturated rings. The third-order valence-electron chi connectivity index (χ3n) is 5.00. The van der Waals surface area contributed by atoms with Gasteiger partial charge in [0.25, 0.3) is 0 Å². The zero-order chi connectivity index (χ0) is 18.9. The summed E-state index contributed by atoms with van der Waals surface area (Å²) in [7, 11) is 0. The van der Waals surface area contributed by atoms with Crippen molar-refractivity contribution in [2.24, 2.45) is 5.92 Å². The van der Waals surface area contributed by atoms with Crippen molar-refractivity contribution >= 4 is 27.2 Å². The predicted octanol–water partition coefficient (Wildman–Crippen LogP) is 5.65. The molecule has 2 heterocycles. The molecule has 0 N–H and O–H groups in total. The number of fused-ring (bicyclic) bond motifs is 1. The van der Waals surface area contributed by atoms with E-state index in [1.54, 1.807) is 29.5 Å². The molecule has 142 valence electrons.